The van der Waals surface area contributed by atoms with Gasteiger partial charge in [0.25, 0.3) is 9.70 Å². The van der Waals surface area contributed by atoms with Crippen molar-refractivity contribution in [1.29, 1.82) is 0 Å². The highest BCUT2D eigenvalue weighted by Gasteiger charge is 2.43. The van der Waals surface area contributed by atoms with Crippen LogP contribution in [0, 0.1) is 0 Å². The first kappa shape index (κ1) is 16.8. The summed E-state index contributed by atoms with van der Waals surface area (Å²) in [7, 11) is 0. The number of hydrogen-bond donors (Lipinski definition) is 2. The molecule has 6 heteroatoms. The Morgan fingerprint density at radius 2 is 1.70 bits per heavy atom. The van der Waals surface area contributed by atoms with E-state index in [1.54, 1.807) is 6.07 Å². The number of halogens is 3. The number of alkyl halides is 3. The summed E-state index contributed by atoms with van der Waals surface area (Å²) < 4.78 is -1.54. The molecule has 1 atom stereocenters. The maximum absolute atomic E-state index is 12.8. The minimum Gasteiger partial charge on any atom is -0.312 e. The molecular weight excluding hydrogens is 355 g/mol. The van der Waals surface area contributed by atoms with Crippen LogP contribution in [0.1, 0.15) is 23.2 Å². The third-order valence-electron chi connectivity index (χ3n) is 4.29. The van der Waals surface area contributed by atoms with Gasteiger partial charge in [-0.1, -0.05) is 71.2 Å². The SMILES string of the molecule is O=C(N[C@H]([NH+]1CCCC1)C(Cl)(Cl)Cl)c1cccc2ccccc12. The van der Waals surface area contributed by atoms with Crippen LogP contribution in [-0.2, 0) is 0 Å². The van der Waals surface area contributed by atoms with E-state index in [4.69, 9.17) is 34.8 Å². The number of amides is 1. The number of fused-ring (bicyclic) bond motifs is 1. The van der Waals surface area contributed by atoms with Gasteiger partial charge in [-0.3, -0.25) is 10.1 Å². The normalized spacial score (nSPS) is 17.3. The van der Waals surface area contributed by atoms with Crippen LogP contribution in [0.3, 0.4) is 0 Å². The van der Waals surface area contributed by atoms with Crippen LogP contribution < -0.4 is 10.2 Å². The lowest BCUT2D eigenvalue weighted by Crippen LogP contribution is -3.17. The van der Waals surface area contributed by atoms with Crippen LogP contribution in [0.15, 0.2) is 42.5 Å². The Hall–Kier alpha value is -1.00. The monoisotopic (exact) mass is 371 g/mol. The van der Waals surface area contributed by atoms with Crippen molar-refractivity contribution in [3.05, 3.63) is 48.0 Å². The molecule has 1 heterocycles. The van der Waals surface area contributed by atoms with Crippen LogP contribution in [-0.4, -0.2) is 29.0 Å². The van der Waals surface area contributed by atoms with Crippen molar-refractivity contribution in [3.63, 3.8) is 0 Å². The lowest BCUT2D eigenvalue weighted by Gasteiger charge is -2.30. The number of nitrogens with one attached hydrogen (secondary N) is 2. The van der Waals surface area contributed by atoms with E-state index in [1.807, 2.05) is 36.4 Å². The third-order valence-corrected chi connectivity index (χ3v) is 4.95. The van der Waals surface area contributed by atoms with Crippen molar-refractivity contribution in [2.24, 2.45) is 0 Å². The van der Waals surface area contributed by atoms with E-state index in [1.165, 1.54) is 0 Å². The number of quaternary nitrogens is 1. The zero-order chi connectivity index (χ0) is 16.4. The second-order valence-corrected chi connectivity index (χ2v) is 8.21. The van der Waals surface area contributed by atoms with Crippen LogP contribution >= 0.6 is 34.8 Å². The number of carbonyl (C=O) groups excluding carboxylic acids is 1. The Labute approximate surface area is 150 Å². The first-order chi connectivity index (χ1) is 11.0. The van der Waals surface area contributed by atoms with Gasteiger partial charge in [0, 0.05) is 18.4 Å². The van der Waals surface area contributed by atoms with Gasteiger partial charge in [0.1, 0.15) is 0 Å². The molecule has 23 heavy (non-hydrogen) atoms. The standard InChI is InChI=1S/C17H17Cl3N2O/c18-17(19,20)16(22-10-3-4-11-22)21-15(23)14-9-5-7-12-6-1-2-8-13(12)14/h1-2,5-9,16H,3-4,10-11H2,(H,21,23)/p+1/t16-/m1/s1. The van der Waals surface area contributed by atoms with Crippen molar-refractivity contribution >= 4 is 51.5 Å². The summed E-state index contributed by atoms with van der Waals surface area (Å²) >= 11 is 18.4. The quantitative estimate of drug-likeness (QED) is 0.798. The summed E-state index contributed by atoms with van der Waals surface area (Å²) in [5.74, 6) is -0.211. The zero-order valence-corrected chi connectivity index (χ0v) is 14.8. The lowest BCUT2D eigenvalue weighted by molar-refractivity contribution is -0.915. The molecule has 0 aromatic heterocycles. The van der Waals surface area contributed by atoms with E-state index in [-0.39, 0.29) is 5.91 Å². The van der Waals surface area contributed by atoms with Gasteiger partial charge in [0.2, 0.25) is 6.17 Å². The number of likely N-dealkylation sites (tertiary alicyclic amines) is 1. The molecule has 122 valence electrons. The predicted octanol–water partition coefficient (Wildman–Crippen LogP) is 2.94. The molecule has 0 bridgehead atoms. The molecule has 3 rings (SSSR count). The molecule has 2 aromatic rings. The number of carbonyl (C=O) groups is 1. The molecule has 0 saturated carbocycles. The van der Waals surface area contributed by atoms with Gasteiger partial charge < -0.3 is 4.90 Å². The summed E-state index contributed by atoms with van der Waals surface area (Å²) in [6, 6.07) is 13.4. The highest BCUT2D eigenvalue weighted by molar-refractivity contribution is 6.68. The van der Waals surface area contributed by atoms with Gasteiger partial charge in [0.05, 0.1) is 13.1 Å². The lowest BCUT2D eigenvalue weighted by atomic mass is 10.0. The Morgan fingerprint density at radius 1 is 1.04 bits per heavy atom. The van der Waals surface area contributed by atoms with Gasteiger partial charge >= 0.3 is 0 Å². The molecule has 1 amide bonds. The minimum atomic E-state index is -1.54. The topological polar surface area (TPSA) is 33.5 Å². The fourth-order valence-electron chi connectivity index (χ4n) is 3.17. The Bertz CT molecular complexity index is 703. The van der Waals surface area contributed by atoms with Crippen molar-refractivity contribution < 1.29 is 9.69 Å². The van der Waals surface area contributed by atoms with Crippen molar-refractivity contribution in [1.82, 2.24) is 5.32 Å². The third kappa shape index (κ3) is 3.74. The van der Waals surface area contributed by atoms with E-state index in [0.29, 0.717) is 5.56 Å². The maximum atomic E-state index is 12.8. The highest BCUT2D eigenvalue weighted by atomic mass is 35.6. The summed E-state index contributed by atoms with van der Waals surface area (Å²) in [5, 5.41) is 4.84. The first-order valence-corrected chi connectivity index (χ1v) is 8.80. The number of benzene rings is 2. The van der Waals surface area contributed by atoms with Crippen LogP contribution in [0.2, 0.25) is 0 Å². The smallest absolute Gasteiger partial charge is 0.262 e. The van der Waals surface area contributed by atoms with E-state index in [9.17, 15) is 4.79 Å². The summed E-state index contributed by atoms with van der Waals surface area (Å²) in [5.41, 5.74) is 0.598. The fraction of sp³-hybridized carbons (Fsp3) is 0.353. The molecule has 2 aromatic carbocycles. The summed E-state index contributed by atoms with van der Waals surface area (Å²) in [6.45, 7) is 1.79. The van der Waals surface area contributed by atoms with Crippen molar-refractivity contribution in [2.75, 3.05) is 13.1 Å². The Morgan fingerprint density at radius 3 is 2.39 bits per heavy atom. The van der Waals surface area contributed by atoms with Gasteiger partial charge in [-0.2, -0.15) is 0 Å². The van der Waals surface area contributed by atoms with E-state index in [0.717, 1.165) is 41.6 Å². The average molecular weight is 373 g/mol. The average Bonchev–Trinajstić information content (AvgIpc) is 3.04. The van der Waals surface area contributed by atoms with E-state index >= 15 is 0 Å². The second-order valence-electron chi connectivity index (χ2n) is 5.84. The predicted molar refractivity (Wildman–Crippen MR) is 95.4 cm³/mol. The molecule has 1 aliphatic rings. The molecule has 0 unspecified atom stereocenters. The molecule has 1 saturated heterocycles. The molecule has 0 aliphatic carbocycles. The van der Waals surface area contributed by atoms with Crippen LogP contribution in [0.4, 0.5) is 0 Å². The second kappa shape index (κ2) is 6.86. The number of rotatable bonds is 3. The molecule has 3 nitrogen and oxygen atoms in total. The van der Waals surface area contributed by atoms with Gasteiger partial charge in [-0.15, -0.1) is 0 Å². The zero-order valence-electron chi connectivity index (χ0n) is 12.5. The Kier molecular flexibility index (Phi) is 5.02. The number of hydrogen-bond acceptors (Lipinski definition) is 1. The molecule has 2 N–H and O–H groups in total. The van der Waals surface area contributed by atoms with Crippen molar-refractivity contribution in [2.45, 2.75) is 22.8 Å². The molecule has 1 fully saturated rings. The molecule has 1 aliphatic heterocycles. The molecule has 0 radical (unpaired) electrons. The van der Waals surface area contributed by atoms with Crippen LogP contribution in [0.5, 0.6) is 0 Å². The molecular formula is C17H18Cl3N2O+. The maximum Gasteiger partial charge on any atom is 0.262 e. The van der Waals surface area contributed by atoms with E-state index < -0.39 is 9.96 Å². The van der Waals surface area contributed by atoms with Gasteiger partial charge in [-0.25, -0.2) is 0 Å². The molecule has 0 spiro atoms. The first-order valence-electron chi connectivity index (χ1n) is 7.67. The van der Waals surface area contributed by atoms with Crippen LogP contribution in [0.25, 0.3) is 10.8 Å². The van der Waals surface area contributed by atoms with Gasteiger partial charge in [0.15, 0.2) is 0 Å². The Balaban J connectivity index is 1.89. The largest absolute Gasteiger partial charge is 0.312 e. The highest BCUT2D eigenvalue weighted by Crippen LogP contribution is 2.28. The van der Waals surface area contributed by atoms with Gasteiger partial charge in [-0.05, 0) is 16.8 Å². The summed E-state index contributed by atoms with van der Waals surface area (Å²) in [4.78, 5) is 13.9. The fourth-order valence-corrected chi connectivity index (χ4v) is 3.79. The minimum absolute atomic E-state index is 0.211. The van der Waals surface area contributed by atoms with Crippen molar-refractivity contribution in [3.8, 4) is 0 Å². The van der Waals surface area contributed by atoms with E-state index in [2.05, 4.69) is 5.32 Å². The summed E-state index contributed by atoms with van der Waals surface area (Å²) in [6.07, 6.45) is 1.61.